The molecule has 0 spiro atoms. The van der Waals surface area contributed by atoms with Crippen LogP contribution < -0.4 is 0 Å². The Kier molecular flexibility index (Phi) is 3.16. The van der Waals surface area contributed by atoms with Gasteiger partial charge in [-0.3, -0.25) is 0 Å². The summed E-state index contributed by atoms with van der Waals surface area (Å²) in [4.78, 5) is 0. The molecule has 0 N–H and O–H groups in total. The van der Waals surface area contributed by atoms with Crippen LogP contribution in [-0.2, 0) is 0 Å². The van der Waals surface area contributed by atoms with Crippen LogP contribution in [0.1, 0.15) is 0 Å². The number of thiol groups is 1. The third kappa shape index (κ3) is 2.09. The molecule has 1 heteroatoms. The Hall–Kier alpha value is 0.0900. The van der Waals surface area contributed by atoms with Crippen LogP contribution in [0, 0.1) is 5.75 Å². The molecular formula is C3H5S. The highest BCUT2D eigenvalue weighted by Crippen LogP contribution is 1.76. The van der Waals surface area contributed by atoms with Gasteiger partial charge in [0.2, 0.25) is 0 Å². The van der Waals surface area contributed by atoms with E-state index in [4.69, 9.17) is 0 Å². The molecule has 0 bridgehead atoms. The number of rotatable bonds is 1. The van der Waals surface area contributed by atoms with E-state index in [1.807, 2.05) is 0 Å². The fourth-order valence-electron chi connectivity index (χ4n) is 0. The summed E-state index contributed by atoms with van der Waals surface area (Å²) in [5, 5.41) is 0. The van der Waals surface area contributed by atoms with Gasteiger partial charge in [-0.15, -0.1) is 6.58 Å². The third-order valence-electron chi connectivity index (χ3n) is 0.105. The first-order valence-electron chi connectivity index (χ1n) is 1.000. The molecule has 0 atom stereocenters. The topological polar surface area (TPSA) is 0 Å². The van der Waals surface area contributed by atoms with E-state index in [9.17, 15) is 0 Å². The Labute approximate surface area is 31.9 Å². The fraction of sp³-hybridized carbons (Fsp3) is 0. The van der Waals surface area contributed by atoms with Gasteiger partial charge in [0.15, 0.2) is 0 Å². The Morgan fingerprint density at radius 2 is 2.00 bits per heavy atom. The Bertz CT molecular complexity index is 17.2. The summed E-state index contributed by atoms with van der Waals surface area (Å²) in [5.74, 6) is 1.58. The van der Waals surface area contributed by atoms with Crippen molar-refractivity contribution in [2.45, 2.75) is 0 Å². The number of hydrogen-bond donors (Lipinski definition) is 1. The van der Waals surface area contributed by atoms with Crippen molar-refractivity contribution in [1.82, 2.24) is 0 Å². The SMILES string of the molecule is C=C[CH]S. The second-order valence-corrected chi connectivity index (χ2v) is 0.683. The van der Waals surface area contributed by atoms with Crippen LogP contribution in [0.2, 0.25) is 0 Å². The lowest BCUT2D eigenvalue weighted by Crippen LogP contribution is -1.31. The summed E-state index contributed by atoms with van der Waals surface area (Å²) >= 11 is 3.68. The van der Waals surface area contributed by atoms with Crippen molar-refractivity contribution < 1.29 is 0 Å². The van der Waals surface area contributed by atoms with E-state index in [0.717, 1.165) is 0 Å². The van der Waals surface area contributed by atoms with Crippen LogP contribution in [-0.4, -0.2) is 0 Å². The minimum Gasteiger partial charge on any atom is -0.170 e. The lowest BCUT2D eigenvalue weighted by molar-refractivity contribution is 2.11. The molecule has 0 aliphatic rings. The van der Waals surface area contributed by atoms with Gasteiger partial charge >= 0.3 is 0 Å². The predicted octanol–water partition coefficient (Wildman–Crippen LogP) is 1.26. The van der Waals surface area contributed by atoms with Crippen LogP contribution >= 0.6 is 12.6 Å². The van der Waals surface area contributed by atoms with Gasteiger partial charge in [0.25, 0.3) is 0 Å². The molecule has 0 saturated carbocycles. The van der Waals surface area contributed by atoms with Gasteiger partial charge in [-0.05, 0) is 0 Å². The quantitative estimate of drug-likeness (QED) is 0.444. The van der Waals surface area contributed by atoms with E-state index in [1.54, 1.807) is 11.8 Å². The summed E-state index contributed by atoms with van der Waals surface area (Å²) in [7, 11) is 0. The lowest BCUT2D eigenvalue weighted by atomic mass is 10.8. The van der Waals surface area contributed by atoms with Gasteiger partial charge in [0.05, 0.1) is 0 Å². The van der Waals surface area contributed by atoms with Gasteiger partial charge < -0.3 is 0 Å². The fourth-order valence-corrected chi connectivity index (χ4v) is 0. The van der Waals surface area contributed by atoms with Crippen LogP contribution in [0.4, 0.5) is 0 Å². The van der Waals surface area contributed by atoms with Crippen molar-refractivity contribution >= 4 is 12.6 Å². The molecule has 0 saturated heterocycles. The largest absolute Gasteiger partial charge is 0.170 e. The maximum absolute atomic E-state index is 3.68. The molecule has 0 aliphatic heterocycles. The first kappa shape index (κ1) is 4.09. The van der Waals surface area contributed by atoms with E-state index in [0.29, 0.717) is 0 Å². The van der Waals surface area contributed by atoms with E-state index in [-0.39, 0.29) is 0 Å². The maximum Gasteiger partial charge on any atom is 0.0345 e. The van der Waals surface area contributed by atoms with E-state index in [2.05, 4.69) is 19.2 Å². The normalized spacial score (nSPS) is 6.25. The molecular weight excluding hydrogens is 68.1 g/mol. The Morgan fingerprint density at radius 1 is 1.75 bits per heavy atom. The molecule has 23 valence electrons. The predicted molar refractivity (Wildman–Crippen MR) is 23.5 cm³/mol. The summed E-state index contributed by atoms with van der Waals surface area (Å²) in [6.45, 7) is 3.35. The van der Waals surface area contributed by atoms with E-state index < -0.39 is 0 Å². The van der Waals surface area contributed by atoms with Gasteiger partial charge in [-0.1, -0.05) is 6.08 Å². The van der Waals surface area contributed by atoms with Crippen molar-refractivity contribution in [3.8, 4) is 0 Å². The monoisotopic (exact) mass is 73.0 g/mol. The third-order valence-corrected chi connectivity index (χ3v) is 0.316. The van der Waals surface area contributed by atoms with Gasteiger partial charge in [-0.25, -0.2) is 0 Å². The highest BCUT2D eigenvalue weighted by Gasteiger charge is 1.47. The van der Waals surface area contributed by atoms with E-state index >= 15 is 0 Å². The molecule has 0 aromatic carbocycles. The average molecular weight is 73.1 g/mol. The van der Waals surface area contributed by atoms with Gasteiger partial charge in [-0.2, -0.15) is 12.6 Å². The van der Waals surface area contributed by atoms with Crippen LogP contribution in [0.25, 0.3) is 0 Å². The van der Waals surface area contributed by atoms with Crippen molar-refractivity contribution in [1.29, 1.82) is 0 Å². The molecule has 0 unspecified atom stereocenters. The number of hydrogen-bond acceptors (Lipinski definition) is 1. The van der Waals surface area contributed by atoms with Crippen molar-refractivity contribution in [3.05, 3.63) is 18.4 Å². The highest BCUT2D eigenvalue weighted by atomic mass is 32.1. The molecule has 0 aromatic heterocycles. The average Bonchev–Trinajstić information content (AvgIpc) is 1.37. The Balaban J connectivity index is 2.30. The zero-order chi connectivity index (χ0) is 3.41. The lowest BCUT2D eigenvalue weighted by Gasteiger charge is -1.56. The summed E-state index contributed by atoms with van der Waals surface area (Å²) in [5.41, 5.74) is 0. The minimum atomic E-state index is 1.58. The molecule has 0 aliphatic carbocycles. The molecule has 0 heterocycles. The molecule has 4 heavy (non-hydrogen) atoms. The smallest absolute Gasteiger partial charge is 0.0345 e. The molecule has 1 radical (unpaired) electrons. The summed E-state index contributed by atoms with van der Waals surface area (Å²) < 4.78 is 0. The molecule has 0 fully saturated rings. The molecule has 0 amide bonds. The zero-order valence-electron chi connectivity index (χ0n) is 2.31. The molecule has 0 nitrogen and oxygen atoms in total. The maximum atomic E-state index is 3.68. The standard InChI is InChI=1S/C3H5S/c1-2-3-4/h2-4H,1H2. The van der Waals surface area contributed by atoms with Crippen molar-refractivity contribution in [2.75, 3.05) is 0 Å². The molecule has 0 rings (SSSR count). The summed E-state index contributed by atoms with van der Waals surface area (Å²) in [6.07, 6.45) is 1.61. The van der Waals surface area contributed by atoms with Crippen molar-refractivity contribution in [3.63, 3.8) is 0 Å². The van der Waals surface area contributed by atoms with Gasteiger partial charge in [0, 0.05) is 5.75 Å². The van der Waals surface area contributed by atoms with Crippen LogP contribution in [0.3, 0.4) is 0 Å². The first-order valence-corrected chi connectivity index (χ1v) is 1.52. The Morgan fingerprint density at radius 3 is 2.00 bits per heavy atom. The molecule has 0 aromatic rings. The first-order chi connectivity index (χ1) is 1.91. The van der Waals surface area contributed by atoms with Gasteiger partial charge in [0.1, 0.15) is 0 Å². The highest BCUT2D eigenvalue weighted by molar-refractivity contribution is 7.82. The van der Waals surface area contributed by atoms with E-state index in [1.165, 1.54) is 0 Å². The summed E-state index contributed by atoms with van der Waals surface area (Å²) in [6, 6.07) is 0. The van der Waals surface area contributed by atoms with Crippen LogP contribution in [0.5, 0.6) is 0 Å². The van der Waals surface area contributed by atoms with Crippen LogP contribution in [0.15, 0.2) is 12.7 Å². The second kappa shape index (κ2) is 3.09. The minimum absolute atomic E-state index is 1.58. The second-order valence-electron chi connectivity index (χ2n) is 0.385. The van der Waals surface area contributed by atoms with Crippen molar-refractivity contribution in [2.24, 2.45) is 0 Å². The zero-order valence-corrected chi connectivity index (χ0v) is 3.20.